The number of H-pyrrole nitrogens is 1. The van der Waals surface area contributed by atoms with E-state index in [1.165, 1.54) is 6.04 Å². The fourth-order valence-electron chi connectivity index (χ4n) is 4.68. The number of rotatable bonds is 4. The first-order valence-electron chi connectivity index (χ1n) is 10.9. The number of aromatic nitrogens is 5. The third kappa shape index (κ3) is 3.41. The maximum atomic E-state index is 12.7. The van der Waals surface area contributed by atoms with Gasteiger partial charge in [-0.3, -0.25) is 14.4 Å². The van der Waals surface area contributed by atoms with E-state index < -0.39 is 0 Å². The number of hydrogen-bond donors (Lipinski definition) is 1. The fourth-order valence-corrected chi connectivity index (χ4v) is 5.54. The lowest BCUT2D eigenvalue weighted by molar-refractivity contribution is 0.0518. The van der Waals surface area contributed by atoms with Crippen molar-refractivity contribution in [2.45, 2.75) is 25.8 Å². The zero-order valence-corrected chi connectivity index (χ0v) is 18.7. The Bertz CT molecular complexity index is 1260. The normalized spacial score (nSPS) is 18.3. The number of fused-ring (bicyclic) bond motifs is 1. The lowest BCUT2D eigenvalue weighted by Crippen LogP contribution is -2.56. The number of aromatic amines is 1. The van der Waals surface area contributed by atoms with Gasteiger partial charge in [0.25, 0.3) is 5.91 Å². The molecule has 1 radical (unpaired) electrons. The average molecular weight is 447 g/mol. The molecule has 0 aromatic carbocycles. The Hall–Kier alpha value is -3.04. The fraction of sp³-hybridized carbons (Fsp3) is 0.348. The molecule has 9 heteroatoms. The van der Waals surface area contributed by atoms with Crippen molar-refractivity contribution in [1.29, 1.82) is 0 Å². The van der Waals surface area contributed by atoms with Crippen LogP contribution in [0.15, 0.2) is 42.4 Å². The molecule has 2 fully saturated rings. The standard InChI is InChI=1S/C23H24N7OS/c1-15-8-20(32-13-15)23(31)28-6-3-17(4-7-28)29-11-18(12-29)30-10-16(9-27-30)21-19-2-5-24-22(19)26-14-25-21/h2,5,8-10,13-14,17H,3-4,6-7,11-12H2,1H3,(H,24,25,26). The zero-order chi connectivity index (χ0) is 21.7. The number of piperidine rings is 1. The van der Waals surface area contributed by atoms with Crippen molar-refractivity contribution in [3.63, 3.8) is 0 Å². The minimum Gasteiger partial charge on any atom is -0.346 e. The van der Waals surface area contributed by atoms with Gasteiger partial charge in [-0.2, -0.15) is 5.10 Å². The number of amides is 1. The maximum absolute atomic E-state index is 12.7. The van der Waals surface area contributed by atoms with E-state index in [1.54, 1.807) is 17.7 Å². The predicted molar refractivity (Wildman–Crippen MR) is 123 cm³/mol. The van der Waals surface area contributed by atoms with Crippen LogP contribution in [0.5, 0.6) is 0 Å². The summed E-state index contributed by atoms with van der Waals surface area (Å²) in [5, 5.41) is 7.64. The number of carbonyl (C=O) groups excluding carboxylic acids is 1. The Balaban J connectivity index is 1.05. The molecule has 1 amide bonds. The topological polar surface area (TPSA) is 82.9 Å². The van der Waals surface area contributed by atoms with Crippen molar-refractivity contribution in [3.8, 4) is 11.3 Å². The van der Waals surface area contributed by atoms with Gasteiger partial charge in [-0.05, 0) is 42.8 Å². The Kier molecular flexibility index (Phi) is 4.80. The zero-order valence-electron chi connectivity index (χ0n) is 17.9. The summed E-state index contributed by atoms with van der Waals surface area (Å²) in [6, 6.07) is 5.82. The molecule has 1 N–H and O–H groups in total. The lowest BCUT2D eigenvalue weighted by atomic mass is 9.97. The van der Waals surface area contributed by atoms with E-state index in [2.05, 4.69) is 31.1 Å². The second-order valence-electron chi connectivity index (χ2n) is 8.62. The second-order valence-corrected chi connectivity index (χ2v) is 9.53. The Morgan fingerprint density at radius 1 is 1.22 bits per heavy atom. The summed E-state index contributed by atoms with van der Waals surface area (Å²) in [6.45, 7) is 5.55. The van der Waals surface area contributed by atoms with Crippen LogP contribution in [-0.2, 0) is 0 Å². The first kappa shape index (κ1) is 19.6. The van der Waals surface area contributed by atoms with Crippen molar-refractivity contribution in [1.82, 2.24) is 34.5 Å². The van der Waals surface area contributed by atoms with Crippen LogP contribution >= 0.6 is 11.3 Å². The van der Waals surface area contributed by atoms with Gasteiger partial charge in [-0.25, -0.2) is 9.97 Å². The van der Waals surface area contributed by atoms with Crippen LogP contribution in [0.3, 0.4) is 0 Å². The Labute approximate surface area is 189 Å². The number of likely N-dealkylation sites (tertiary alicyclic amines) is 2. The molecule has 2 aliphatic heterocycles. The maximum Gasteiger partial charge on any atom is 0.263 e. The summed E-state index contributed by atoms with van der Waals surface area (Å²) < 4.78 is 1.99. The van der Waals surface area contributed by atoms with Crippen LogP contribution in [0.25, 0.3) is 22.3 Å². The number of nitrogens with zero attached hydrogens (tertiary/aromatic N) is 6. The molecule has 0 saturated carbocycles. The highest BCUT2D eigenvalue weighted by atomic mass is 32.1. The van der Waals surface area contributed by atoms with Gasteiger partial charge < -0.3 is 9.88 Å². The first-order valence-corrected chi connectivity index (χ1v) is 11.8. The Morgan fingerprint density at radius 3 is 2.84 bits per heavy atom. The quantitative estimate of drug-likeness (QED) is 0.521. The molecule has 163 valence electrons. The smallest absolute Gasteiger partial charge is 0.263 e. The van der Waals surface area contributed by atoms with Crippen LogP contribution in [0.1, 0.15) is 28.1 Å². The largest absolute Gasteiger partial charge is 0.346 e. The number of hydrogen-bond acceptors (Lipinski definition) is 6. The van der Waals surface area contributed by atoms with Crippen molar-refractivity contribution in [2.75, 3.05) is 26.2 Å². The van der Waals surface area contributed by atoms with Gasteiger partial charge in [0.15, 0.2) is 0 Å². The number of nitrogens with one attached hydrogen (secondary N) is 1. The molecular formula is C23H24N7OS. The van der Waals surface area contributed by atoms with Crippen LogP contribution in [-0.4, -0.2) is 72.7 Å². The van der Waals surface area contributed by atoms with Gasteiger partial charge >= 0.3 is 0 Å². The summed E-state index contributed by atoms with van der Waals surface area (Å²) in [5.74, 6) is 0.183. The number of carbonyl (C=O) groups is 1. The minimum atomic E-state index is 0.183. The third-order valence-electron chi connectivity index (χ3n) is 6.51. The molecule has 8 nitrogen and oxygen atoms in total. The third-order valence-corrected chi connectivity index (χ3v) is 7.55. The van der Waals surface area contributed by atoms with Crippen LogP contribution in [0.4, 0.5) is 0 Å². The van der Waals surface area contributed by atoms with Gasteiger partial charge in [-0.15, -0.1) is 11.3 Å². The van der Waals surface area contributed by atoms with Crippen LogP contribution in [0, 0.1) is 13.0 Å². The molecule has 0 atom stereocenters. The van der Waals surface area contributed by atoms with Gasteiger partial charge in [0.05, 0.1) is 16.8 Å². The van der Waals surface area contributed by atoms with Crippen LogP contribution in [0.2, 0.25) is 0 Å². The van der Waals surface area contributed by atoms with Crippen molar-refractivity contribution < 1.29 is 4.79 Å². The second kappa shape index (κ2) is 7.83. The monoisotopic (exact) mass is 446 g/mol. The molecule has 2 aliphatic rings. The molecule has 2 saturated heterocycles. The van der Waals surface area contributed by atoms with E-state index in [9.17, 15) is 4.79 Å². The SMILES string of the molecule is Cc1csc(C(=O)N2CCC(N3C[C](n4cc(-c5ncnc6[nH]ccc56)cn4)C3)CC2)c1. The molecule has 6 heterocycles. The summed E-state index contributed by atoms with van der Waals surface area (Å²) >= 11 is 1.55. The molecule has 0 unspecified atom stereocenters. The Morgan fingerprint density at radius 2 is 2.06 bits per heavy atom. The van der Waals surface area contributed by atoms with Crippen molar-refractivity contribution >= 4 is 28.3 Å². The van der Waals surface area contributed by atoms with E-state index in [1.807, 2.05) is 46.4 Å². The van der Waals surface area contributed by atoms with E-state index in [4.69, 9.17) is 0 Å². The van der Waals surface area contributed by atoms with Crippen LogP contribution < -0.4 is 0 Å². The molecule has 4 aromatic rings. The summed E-state index contributed by atoms with van der Waals surface area (Å²) in [6.07, 6.45) is 9.46. The molecular weight excluding hydrogens is 422 g/mol. The van der Waals surface area contributed by atoms with E-state index in [-0.39, 0.29) is 5.91 Å². The molecule has 0 spiro atoms. The first-order chi connectivity index (χ1) is 15.7. The summed E-state index contributed by atoms with van der Waals surface area (Å²) in [4.78, 5) is 29.9. The molecule has 0 bridgehead atoms. The number of aryl methyl sites for hydroxylation is 1. The van der Waals surface area contributed by atoms with Gasteiger partial charge in [0.1, 0.15) is 18.0 Å². The van der Waals surface area contributed by atoms with Gasteiger partial charge in [0.2, 0.25) is 0 Å². The highest BCUT2D eigenvalue weighted by Crippen LogP contribution is 2.30. The van der Waals surface area contributed by atoms with Crippen molar-refractivity contribution in [2.24, 2.45) is 0 Å². The number of thiophene rings is 1. The highest BCUT2D eigenvalue weighted by molar-refractivity contribution is 7.12. The highest BCUT2D eigenvalue weighted by Gasteiger charge is 2.37. The minimum absolute atomic E-state index is 0.183. The van der Waals surface area contributed by atoms with Gasteiger partial charge in [0, 0.05) is 55.6 Å². The molecule has 6 rings (SSSR count). The van der Waals surface area contributed by atoms with E-state index in [0.29, 0.717) is 6.04 Å². The van der Waals surface area contributed by atoms with E-state index in [0.717, 1.165) is 71.8 Å². The van der Waals surface area contributed by atoms with Crippen molar-refractivity contribution in [3.05, 3.63) is 58.9 Å². The predicted octanol–water partition coefficient (Wildman–Crippen LogP) is 3.19. The average Bonchev–Trinajstić information content (AvgIpc) is 3.53. The van der Waals surface area contributed by atoms with Gasteiger partial charge in [-0.1, -0.05) is 0 Å². The van der Waals surface area contributed by atoms with E-state index >= 15 is 0 Å². The molecule has 4 aromatic heterocycles. The summed E-state index contributed by atoms with van der Waals surface area (Å²) in [7, 11) is 0. The molecule has 32 heavy (non-hydrogen) atoms. The lowest BCUT2D eigenvalue weighted by Gasteiger charge is -2.46. The molecule has 0 aliphatic carbocycles. The summed E-state index contributed by atoms with van der Waals surface area (Å²) in [5.41, 5.74) is 3.90.